The highest BCUT2D eigenvalue weighted by Gasteiger charge is 2.21. The molecule has 2 heterocycles. The van der Waals surface area contributed by atoms with Gasteiger partial charge in [-0.3, -0.25) is 24.2 Å². The lowest BCUT2D eigenvalue weighted by Gasteiger charge is -2.33. The number of hydrogen-bond acceptors (Lipinski definition) is 6. The topological polar surface area (TPSA) is 108 Å². The Bertz CT molecular complexity index is 637. The molecule has 1 fully saturated rings. The first kappa shape index (κ1) is 19.1. The van der Waals surface area contributed by atoms with Crippen LogP contribution in [-0.4, -0.2) is 73.3 Å². The number of nitrogens with zero attached hydrogens (tertiary/aromatic N) is 2. The summed E-state index contributed by atoms with van der Waals surface area (Å²) in [5, 5.41) is 7.68. The minimum Gasteiger partial charge on any atom is -0.366 e. The maximum atomic E-state index is 12.1. The average molecular weight is 365 g/mol. The summed E-state index contributed by atoms with van der Waals surface area (Å²) in [5.74, 6) is -0.759. The van der Waals surface area contributed by atoms with Crippen molar-refractivity contribution in [3.05, 3.63) is 29.7 Å². The summed E-state index contributed by atoms with van der Waals surface area (Å²) in [7, 11) is 0. The molecule has 0 atom stereocenters. The largest absolute Gasteiger partial charge is 0.366 e. The number of nitrogens with two attached hydrogens (primary N) is 1. The van der Waals surface area contributed by atoms with Crippen molar-refractivity contribution in [3.63, 3.8) is 0 Å². The van der Waals surface area contributed by atoms with Gasteiger partial charge in [-0.1, -0.05) is 6.08 Å². The lowest BCUT2D eigenvalue weighted by atomic mass is 10.3. The van der Waals surface area contributed by atoms with Crippen LogP contribution in [-0.2, 0) is 9.59 Å². The summed E-state index contributed by atoms with van der Waals surface area (Å²) in [6.07, 6.45) is 1.64. The number of amides is 3. The highest BCUT2D eigenvalue weighted by molar-refractivity contribution is 7.14. The molecule has 1 aliphatic rings. The minimum absolute atomic E-state index is 0.0252. The van der Waals surface area contributed by atoms with E-state index in [1.54, 1.807) is 17.5 Å². The number of hydrogen-bond donors (Lipinski definition) is 3. The SMILES string of the molecule is C=CCNC(=O)CN1CCN(CC(=O)Nc2sccc2C(N)=O)CC1. The Hall–Kier alpha value is -2.23. The Balaban J connectivity index is 1.73. The van der Waals surface area contributed by atoms with Crippen molar-refractivity contribution in [1.29, 1.82) is 0 Å². The maximum Gasteiger partial charge on any atom is 0.251 e. The summed E-state index contributed by atoms with van der Waals surface area (Å²) >= 11 is 1.27. The summed E-state index contributed by atoms with van der Waals surface area (Å²) in [6.45, 7) is 7.48. The Kier molecular flexibility index (Phi) is 7.11. The molecule has 8 nitrogen and oxygen atoms in total. The zero-order valence-corrected chi connectivity index (χ0v) is 14.8. The van der Waals surface area contributed by atoms with Crippen LogP contribution in [0.4, 0.5) is 5.00 Å². The average Bonchev–Trinajstić information content (AvgIpc) is 3.03. The van der Waals surface area contributed by atoms with E-state index in [2.05, 4.69) is 22.1 Å². The lowest BCUT2D eigenvalue weighted by Crippen LogP contribution is -2.51. The molecule has 0 spiro atoms. The van der Waals surface area contributed by atoms with E-state index in [1.165, 1.54) is 11.3 Å². The number of carbonyl (C=O) groups excluding carboxylic acids is 3. The van der Waals surface area contributed by atoms with Gasteiger partial charge in [0.2, 0.25) is 11.8 Å². The molecular formula is C16H23N5O3S. The zero-order valence-electron chi connectivity index (χ0n) is 14.0. The number of piperazine rings is 1. The fraction of sp³-hybridized carbons (Fsp3) is 0.438. The molecule has 1 aromatic heterocycles. The number of rotatable bonds is 8. The van der Waals surface area contributed by atoms with Gasteiger partial charge in [0.15, 0.2) is 0 Å². The number of anilines is 1. The van der Waals surface area contributed by atoms with Crippen LogP contribution in [0.1, 0.15) is 10.4 Å². The smallest absolute Gasteiger partial charge is 0.251 e. The van der Waals surface area contributed by atoms with Crippen molar-refractivity contribution >= 4 is 34.1 Å². The Labute approximate surface area is 150 Å². The summed E-state index contributed by atoms with van der Waals surface area (Å²) < 4.78 is 0. The third-order valence-corrected chi connectivity index (χ3v) is 4.66. The van der Waals surface area contributed by atoms with Crippen molar-refractivity contribution < 1.29 is 14.4 Å². The molecule has 4 N–H and O–H groups in total. The van der Waals surface area contributed by atoms with Crippen LogP contribution in [0.2, 0.25) is 0 Å². The van der Waals surface area contributed by atoms with Crippen LogP contribution in [0.15, 0.2) is 24.1 Å². The van der Waals surface area contributed by atoms with Gasteiger partial charge in [-0.05, 0) is 11.4 Å². The van der Waals surface area contributed by atoms with Gasteiger partial charge in [0, 0.05) is 32.7 Å². The second-order valence-corrected chi connectivity index (χ2v) is 6.64. The molecule has 136 valence electrons. The molecule has 25 heavy (non-hydrogen) atoms. The van der Waals surface area contributed by atoms with E-state index in [4.69, 9.17) is 5.73 Å². The molecule has 0 unspecified atom stereocenters. The van der Waals surface area contributed by atoms with Crippen molar-refractivity contribution in [3.8, 4) is 0 Å². The monoisotopic (exact) mass is 365 g/mol. The third-order valence-electron chi connectivity index (χ3n) is 3.83. The molecule has 9 heteroatoms. The Morgan fingerprint density at radius 3 is 2.32 bits per heavy atom. The molecule has 2 rings (SSSR count). The Morgan fingerprint density at radius 2 is 1.76 bits per heavy atom. The first-order valence-electron chi connectivity index (χ1n) is 7.99. The Morgan fingerprint density at radius 1 is 1.16 bits per heavy atom. The van der Waals surface area contributed by atoms with E-state index in [0.29, 0.717) is 36.7 Å². The lowest BCUT2D eigenvalue weighted by molar-refractivity contribution is -0.123. The van der Waals surface area contributed by atoms with Crippen LogP contribution in [0.25, 0.3) is 0 Å². The van der Waals surface area contributed by atoms with Crippen LogP contribution in [0.3, 0.4) is 0 Å². The standard InChI is InChI=1S/C16H23N5O3S/c1-2-4-18-13(22)10-20-5-7-21(8-6-20)11-14(23)19-16-12(15(17)24)3-9-25-16/h2-3,9H,1,4-8,10-11H2,(H2,17,24)(H,18,22)(H,19,23). The van der Waals surface area contributed by atoms with Crippen LogP contribution >= 0.6 is 11.3 Å². The first-order chi connectivity index (χ1) is 12.0. The number of thiophene rings is 1. The molecule has 0 aliphatic carbocycles. The fourth-order valence-electron chi connectivity index (χ4n) is 2.52. The highest BCUT2D eigenvalue weighted by atomic mass is 32.1. The van der Waals surface area contributed by atoms with Crippen LogP contribution in [0.5, 0.6) is 0 Å². The molecule has 0 aromatic carbocycles. The quantitative estimate of drug-likeness (QED) is 0.549. The van der Waals surface area contributed by atoms with Gasteiger partial charge in [-0.15, -0.1) is 17.9 Å². The maximum absolute atomic E-state index is 12.1. The van der Waals surface area contributed by atoms with Crippen molar-refractivity contribution in [2.45, 2.75) is 0 Å². The third kappa shape index (κ3) is 5.96. The molecule has 3 amide bonds. The van der Waals surface area contributed by atoms with Gasteiger partial charge in [0.1, 0.15) is 5.00 Å². The summed E-state index contributed by atoms with van der Waals surface area (Å²) in [6, 6.07) is 1.60. The van der Waals surface area contributed by atoms with Crippen molar-refractivity contribution in [2.75, 3.05) is 51.1 Å². The van der Waals surface area contributed by atoms with Gasteiger partial charge in [0.05, 0.1) is 18.7 Å². The normalized spacial score (nSPS) is 15.5. The second kappa shape index (κ2) is 9.30. The van der Waals surface area contributed by atoms with Gasteiger partial charge >= 0.3 is 0 Å². The molecule has 1 aromatic rings. The molecule has 0 saturated carbocycles. The number of carbonyl (C=O) groups is 3. The van der Waals surface area contributed by atoms with Gasteiger partial charge < -0.3 is 16.4 Å². The van der Waals surface area contributed by atoms with Crippen molar-refractivity contribution in [2.24, 2.45) is 5.73 Å². The molecule has 0 bridgehead atoms. The second-order valence-electron chi connectivity index (χ2n) is 5.72. The minimum atomic E-state index is -0.556. The van der Waals surface area contributed by atoms with Crippen LogP contribution < -0.4 is 16.4 Å². The van der Waals surface area contributed by atoms with Gasteiger partial charge in [-0.25, -0.2) is 0 Å². The first-order valence-corrected chi connectivity index (χ1v) is 8.87. The summed E-state index contributed by atoms with van der Waals surface area (Å²) in [5.41, 5.74) is 5.59. The number of primary amides is 1. The van der Waals surface area contributed by atoms with Crippen LogP contribution in [0, 0.1) is 0 Å². The molecule has 1 saturated heterocycles. The summed E-state index contributed by atoms with van der Waals surface area (Å²) in [4.78, 5) is 39.2. The molecular weight excluding hydrogens is 342 g/mol. The van der Waals surface area contributed by atoms with Gasteiger partial charge in [0.25, 0.3) is 5.91 Å². The highest BCUT2D eigenvalue weighted by Crippen LogP contribution is 2.22. The predicted molar refractivity (Wildman–Crippen MR) is 97.6 cm³/mol. The van der Waals surface area contributed by atoms with E-state index in [9.17, 15) is 14.4 Å². The number of nitrogens with one attached hydrogen (secondary N) is 2. The van der Waals surface area contributed by atoms with E-state index in [0.717, 1.165) is 13.1 Å². The predicted octanol–water partition coefficient (Wildman–Crippen LogP) is -0.295. The van der Waals surface area contributed by atoms with E-state index < -0.39 is 5.91 Å². The van der Waals surface area contributed by atoms with E-state index in [1.807, 2.05) is 4.90 Å². The van der Waals surface area contributed by atoms with E-state index in [-0.39, 0.29) is 18.4 Å². The molecule has 0 radical (unpaired) electrons. The zero-order chi connectivity index (χ0) is 18.2. The van der Waals surface area contributed by atoms with E-state index >= 15 is 0 Å². The molecule has 1 aliphatic heterocycles. The van der Waals surface area contributed by atoms with Gasteiger partial charge in [-0.2, -0.15) is 0 Å². The fourth-order valence-corrected chi connectivity index (χ4v) is 3.33. The van der Waals surface area contributed by atoms with Crippen molar-refractivity contribution in [1.82, 2.24) is 15.1 Å².